The lowest BCUT2D eigenvalue weighted by Gasteiger charge is -2.28. The normalized spacial score (nSPS) is 12.0. The van der Waals surface area contributed by atoms with E-state index in [1.54, 1.807) is 12.1 Å². The van der Waals surface area contributed by atoms with Crippen molar-refractivity contribution in [2.24, 2.45) is 0 Å². The van der Waals surface area contributed by atoms with Crippen LogP contribution in [-0.4, -0.2) is 36.5 Å². The molecule has 1 amide bonds. The molecule has 1 heterocycles. The van der Waals surface area contributed by atoms with Crippen LogP contribution in [0, 0.1) is 0 Å². The number of esters is 1. The Morgan fingerprint density at radius 2 is 1.84 bits per heavy atom. The molecule has 25 heavy (non-hydrogen) atoms. The van der Waals surface area contributed by atoms with Gasteiger partial charge < -0.3 is 14.5 Å². The first kappa shape index (κ1) is 18.7. The van der Waals surface area contributed by atoms with E-state index in [0.29, 0.717) is 18.8 Å². The van der Waals surface area contributed by atoms with E-state index in [1.165, 1.54) is 6.26 Å². The predicted molar refractivity (Wildman–Crippen MR) is 93.6 cm³/mol. The molecule has 134 valence electrons. The van der Waals surface area contributed by atoms with Crippen LogP contribution in [0.3, 0.4) is 0 Å². The van der Waals surface area contributed by atoms with Crippen molar-refractivity contribution in [2.45, 2.75) is 26.4 Å². The molecular formula is C19H24N2O4. The molecule has 0 aliphatic rings. The molecule has 6 heteroatoms. The summed E-state index contributed by atoms with van der Waals surface area (Å²) in [4.78, 5) is 26.4. The lowest BCUT2D eigenvalue weighted by Crippen LogP contribution is -2.37. The number of amides is 1. The minimum Gasteiger partial charge on any atom is -0.467 e. The summed E-state index contributed by atoms with van der Waals surface area (Å²) < 4.78 is 10.4. The first-order valence-corrected chi connectivity index (χ1v) is 8.40. The predicted octanol–water partition coefficient (Wildman–Crippen LogP) is 2.52. The first-order valence-electron chi connectivity index (χ1n) is 8.40. The quantitative estimate of drug-likeness (QED) is 0.708. The van der Waals surface area contributed by atoms with E-state index in [2.05, 4.69) is 5.32 Å². The second kappa shape index (κ2) is 9.64. The Kier molecular flexibility index (Phi) is 7.22. The fourth-order valence-electron chi connectivity index (χ4n) is 2.59. The third-order valence-corrected chi connectivity index (χ3v) is 3.90. The third-order valence-electron chi connectivity index (χ3n) is 3.90. The van der Waals surface area contributed by atoms with E-state index in [9.17, 15) is 9.59 Å². The number of ether oxygens (including phenoxy) is 1. The molecule has 1 aromatic carbocycles. The molecule has 1 N–H and O–H groups in total. The van der Waals surface area contributed by atoms with Gasteiger partial charge in [-0.2, -0.15) is 0 Å². The van der Waals surface area contributed by atoms with Crippen molar-refractivity contribution in [1.82, 2.24) is 10.2 Å². The van der Waals surface area contributed by atoms with Gasteiger partial charge in [0.2, 0.25) is 0 Å². The van der Waals surface area contributed by atoms with E-state index in [1.807, 2.05) is 49.1 Å². The van der Waals surface area contributed by atoms with Crippen molar-refractivity contribution in [1.29, 1.82) is 0 Å². The average molecular weight is 344 g/mol. The number of benzene rings is 1. The Hall–Kier alpha value is -2.60. The van der Waals surface area contributed by atoms with Gasteiger partial charge in [0.05, 0.1) is 12.8 Å². The highest BCUT2D eigenvalue weighted by Crippen LogP contribution is 2.21. The van der Waals surface area contributed by atoms with Gasteiger partial charge in [0.15, 0.2) is 6.61 Å². The standard InChI is InChI=1S/C19H24N2O4/c1-3-21(4-2)18(15-9-6-5-7-10-15)19(23)25-14-17(22)20-13-16-11-8-12-24-16/h5-12,18H,3-4,13-14H2,1-2H3,(H,20,22)/t18-/m1/s1. The Bertz CT molecular complexity index is 651. The summed E-state index contributed by atoms with van der Waals surface area (Å²) in [6.45, 7) is 5.34. The molecule has 0 fully saturated rings. The van der Waals surface area contributed by atoms with Gasteiger partial charge in [-0.1, -0.05) is 44.2 Å². The van der Waals surface area contributed by atoms with Crippen LogP contribution < -0.4 is 5.32 Å². The molecule has 2 aromatic rings. The molecule has 0 aliphatic carbocycles. The van der Waals surface area contributed by atoms with Gasteiger partial charge in [-0.15, -0.1) is 0 Å². The number of furan rings is 1. The summed E-state index contributed by atoms with van der Waals surface area (Å²) in [5.41, 5.74) is 0.854. The fourth-order valence-corrected chi connectivity index (χ4v) is 2.59. The van der Waals surface area contributed by atoms with Gasteiger partial charge in [-0.05, 0) is 30.8 Å². The zero-order valence-corrected chi connectivity index (χ0v) is 14.6. The lowest BCUT2D eigenvalue weighted by atomic mass is 10.1. The number of nitrogens with zero attached hydrogens (tertiary/aromatic N) is 1. The van der Waals surface area contributed by atoms with Crippen molar-refractivity contribution in [3.63, 3.8) is 0 Å². The molecule has 0 aliphatic heterocycles. The zero-order chi connectivity index (χ0) is 18.1. The van der Waals surface area contributed by atoms with Crippen LogP contribution in [0.1, 0.15) is 31.2 Å². The molecule has 0 saturated heterocycles. The van der Waals surface area contributed by atoms with Crippen LogP contribution in [0.2, 0.25) is 0 Å². The van der Waals surface area contributed by atoms with Crippen LogP contribution in [-0.2, 0) is 20.9 Å². The summed E-state index contributed by atoms with van der Waals surface area (Å²) in [6.07, 6.45) is 1.54. The second-order valence-corrected chi connectivity index (χ2v) is 5.50. The van der Waals surface area contributed by atoms with Crippen LogP contribution in [0.25, 0.3) is 0 Å². The van der Waals surface area contributed by atoms with Crippen molar-refractivity contribution in [3.8, 4) is 0 Å². The maximum Gasteiger partial charge on any atom is 0.328 e. The van der Waals surface area contributed by atoms with Crippen molar-refractivity contribution in [2.75, 3.05) is 19.7 Å². The van der Waals surface area contributed by atoms with E-state index in [4.69, 9.17) is 9.15 Å². The summed E-state index contributed by atoms with van der Waals surface area (Å²) in [6, 6.07) is 12.4. The zero-order valence-electron chi connectivity index (χ0n) is 14.6. The van der Waals surface area contributed by atoms with Crippen LogP contribution in [0.5, 0.6) is 0 Å². The second-order valence-electron chi connectivity index (χ2n) is 5.50. The van der Waals surface area contributed by atoms with Gasteiger partial charge >= 0.3 is 5.97 Å². The average Bonchev–Trinajstić information content (AvgIpc) is 3.16. The number of carbonyl (C=O) groups is 2. The van der Waals surface area contributed by atoms with E-state index >= 15 is 0 Å². The molecule has 1 atom stereocenters. The largest absolute Gasteiger partial charge is 0.467 e. The highest BCUT2D eigenvalue weighted by atomic mass is 16.5. The van der Waals surface area contributed by atoms with Gasteiger partial charge in [0, 0.05) is 0 Å². The van der Waals surface area contributed by atoms with Crippen LogP contribution in [0.4, 0.5) is 0 Å². The van der Waals surface area contributed by atoms with Gasteiger partial charge in [-0.25, -0.2) is 4.79 Å². The molecule has 1 aromatic heterocycles. The topological polar surface area (TPSA) is 71.8 Å². The Labute approximate surface area is 147 Å². The molecule has 0 unspecified atom stereocenters. The van der Waals surface area contributed by atoms with Crippen LogP contribution in [0.15, 0.2) is 53.1 Å². The molecule has 0 spiro atoms. The summed E-state index contributed by atoms with van der Waals surface area (Å²) in [5, 5.41) is 2.65. The van der Waals surface area contributed by atoms with Crippen LogP contribution >= 0.6 is 0 Å². The van der Waals surface area contributed by atoms with Crippen molar-refractivity contribution >= 4 is 11.9 Å². The summed E-state index contributed by atoms with van der Waals surface area (Å²) in [5.74, 6) is -0.149. The minimum atomic E-state index is -0.519. The minimum absolute atomic E-state index is 0.265. The van der Waals surface area contributed by atoms with Crippen molar-refractivity contribution < 1.29 is 18.7 Å². The molecule has 0 radical (unpaired) electrons. The monoisotopic (exact) mass is 344 g/mol. The number of rotatable bonds is 9. The third kappa shape index (κ3) is 5.46. The Morgan fingerprint density at radius 1 is 1.12 bits per heavy atom. The fraction of sp³-hybridized carbons (Fsp3) is 0.368. The molecular weight excluding hydrogens is 320 g/mol. The Balaban J connectivity index is 1.93. The number of hydrogen-bond donors (Lipinski definition) is 1. The summed E-state index contributed by atoms with van der Waals surface area (Å²) >= 11 is 0. The number of carbonyl (C=O) groups excluding carboxylic acids is 2. The molecule has 0 saturated carbocycles. The van der Waals surface area contributed by atoms with E-state index < -0.39 is 12.0 Å². The molecule has 2 rings (SSSR count). The molecule has 0 bridgehead atoms. The summed E-state index contributed by atoms with van der Waals surface area (Å²) in [7, 11) is 0. The highest BCUT2D eigenvalue weighted by molar-refractivity contribution is 5.83. The smallest absolute Gasteiger partial charge is 0.328 e. The number of hydrogen-bond acceptors (Lipinski definition) is 5. The van der Waals surface area contributed by atoms with Gasteiger partial charge in [-0.3, -0.25) is 9.69 Å². The van der Waals surface area contributed by atoms with E-state index in [0.717, 1.165) is 5.56 Å². The SMILES string of the molecule is CCN(CC)[C@@H](C(=O)OCC(=O)NCc1ccco1)c1ccccc1. The van der Waals surface area contributed by atoms with Gasteiger partial charge in [0.25, 0.3) is 5.91 Å². The number of nitrogens with one attached hydrogen (secondary N) is 1. The number of likely N-dealkylation sites (N-methyl/N-ethyl adjacent to an activating group) is 1. The van der Waals surface area contributed by atoms with Gasteiger partial charge in [0.1, 0.15) is 11.8 Å². The van der Waals surface area contributed by atoms with Crippen molar-refractivity contribution in [3.05, 3.63) is 60.1 Å². The van der Waals surface area contributed by atoms with E-state index in [-0.39, 0.29) is 19.1 Å². The maximum atomic E-state index is 12.6. The maximum absolute atomic E-state index is 12.6. The lowest BCUT2D eigenvalue weighted by molar-refractivity contribution is -0.154. The highest BCUT2D eigenvalue weighted by Gasteiger charge is 2.27. The molecule has 6 nitrogen and oxygen atoms in total. The Morgan fingerprint density at radius 3 is 2.44 bits per heavy atom. The first-order chi connectivity index (χ1) is 12.2.